The molecular formula is C11H14BrN3O3S. The van der Waals surface area contributed by atoms with Crippen LogP contribution in [-0.4, -0.2) is 39.6 Å². The van der Waals surface area contributed by atoms with Crippen LogP contribution in [0.15, 0.2) is 9.98 Å². The molecular weight excluding hydrogens is 334 g/mol. The minimum Gasteiger partial charge on any atom is -0.480 e. The van der Waals surface area contributed by atoms with E-state index in [1.165, 1.54) is 16.2 Å². The summed E-state index contributed by atoms with van der Waals surface area (Å²) in [6.07, 6.45) is 5.40. The first-order valence-corrected chi connectivity index (χ1v) is 7.58. The maximum Gasteiger partial charge on any atom is 0.324 e. The normalized spacial score (nSPS) is 15.4. The molecule has 1 aromatic heterocycles. The Balaban J connectivity index is 2.04. The number of carboxylic acids is 1. The second kappa shape index (κ2) is 6.33. The van der Waals surface area contributed by atoms with Gasteiger partial charge in [0.1, 0.15) is 6.54 Å². The van der Waals surface area contributed by atoms with E-state index in [0.717, 1.165) is 29.5 Å². The van der Waals surface area contributed by atoms with Gasteiger partial charge in [-0.15, -0.1) is 0 Å². The number of urea groups is 1. The zero-order valence-corrected chi connectivity index (χ0v) is 12.5. The van der Waals surface area contributed by atoms with Crippen molar-refractivity contribution in [3.63, 3.8) is 0 Å². The smallest absolute Gasteiger partial charge is 0.324 e. The number of hydrogen-bond acceptors (Lipinski definition) is 4. The molecule has 0 bridgehead atoms. The van der Waals surface area contributed by atoms with Crippen molar-refractivity contribution in [2.75, 3.05) is 11.9 Å². The predicted molar refractivity (Wildman–Crippen MR) is 75.4 cm³/mol. The molecule has 8 heteroatoms. The molecule has 1 heterocycles. The van der Waals surface area contributed by atoms with Crippen molar-refractivity contribution in [3.8, 4) is 0 Å². The van der Waals surface area contributed by atoms with Crippen LogP contribution < -0.4 is 5.32 Å². The third kappa shape index (κ3) is 3.90. The lowest BCUT2D eigenvalue weighted by Crippen LogP contribution is -2.44. The van der Waals surface area contributed by atoms with Crippen LogP contribution in [0.5, 0.6) is 0 Å². The lowest BCUT2D eigenvalue weighted by Gasteiger charge is -2.26. The first-order valence-electron chi connectivity index (χ1n) is 5.97. The highest BCUT2D eigenvalue weighted by molar-refractivity contribution is 9.11. The fourth-order valence-electron chi connectivity index (χ4n) is 2.20. The molecule has 1 aliphatic carbocycles. The quantitative estimate of drug-likeness (QED) is 0.877. The summed E-state index contributed by atoms with van der Waals surface area (Å²) < 4.78 is 0.813. The number of nitrogens with one attached hydrogen (secondary N) is 1. The van der Waals surface area contributed by atoms with Crippen molar-refractivity contribution in [2.45, 2.75) is 31.7 Å². The molecule has 2 N–H and O–H groups in total. The van der Waals surface area contributed by atoms with Crippen molar-refractivity contribution in [3.05, 3.63) is 9.98 Å². The van der Waals surface area contributed by atoms with E-state index in [9.17, 15) is 9.59 Å². The summed E-state index contributed by atoms with van der Waals surface area (Å²) in [7, 11) is 0. The maximum atomic E-state index is 12.1. The second-order valence-electron chi connectivity index (χ2n) is 4.36. The Labute approximate surface area is 122 Å². The van der Waals surface area contributed by atoms with Gasteiger partial charge in [0.25, 0.3) is 0 Å². The van der Waals surface area contributed by atoms with E-state index < -0.39 is 12.0 Å². The molecule has 1 aromatic rings. The molecule has 0 atom stereocenters. The maximum absolute atomic E-state index is 12.1. The van der Waals surface area contributed by atoms with Crippen LogP contribution in [0, 0.1) is 0 Å². The van der Waals surface area contributed by atoms with Gasteiger partial charge in [0.05, 0.1) is 9.98 Å². The van der Waals surface area contributed by atoms with Crippen molar-refractivity contribution < 1.29 is 14.7 Å². The first-order chi connectivity index (χ1) is 9.06. The summed E-state index contributed by atoms with van der Waals surface area (Å²) in [5.74, 6) is -0.998. The monoisotopic (exact) mass is 347 g/mol. The number of nitrogens with zero attached hydrogens (tertiary/aromatic N) is 2. The summed E-state index contributed by atoms with van der Waals surface area (Å²) in [6.45, 7) is -0.275. The molecule has 1 aliphatic rings. The Bertz CT molecular complexity index is 474. The predicted octanol–water partition coefficient (Wildman–Crippen LogP) is 2.77. The summed E-state index contributed by atoms with van der Waals surface area (Å²) in [6, 6.07) is -0.379. The molecule has 2 amide bonds. The number of rotatable bonds is 4. The number of halogens is 1. The molecule has 0 unspecified atom stereocenters. The molecule has 0 aromatic carbocycles. The molecule has 1 fully saturated rings. The SMILES string of the molecule is O=C(O)CN(C(=O)Nc1ncc(Br)s1)C1CCCC1. The Morgan fingerprint density at radius 3 is 2.74 bits per heavy atom. The Morgan fingerprint density at radius 1 is 1.53 bits per heavy atom. The van der Waals surface area contributed by atoms with Gasteiger partial charge in [-0.2, -0.15) is 0 Å². The summed E-state index contributed by atoms with van der Waals surface area (Å²) in [4.78, 5) is 28.4. The Morgan fingerprint density at radius 2 is 2.21 bits per heavy atom. The van der Waals surface area contributed by atoms with Crippen molar-refractivity contribution in [1.29, 1.82) is 0 Å². The fraction of sp³-hybridized carbons (Fsp3) is 0.545. The van der Waals surface area contributed by atoms with Gasteiger partial charge in [-0.1, -0.05) is 24.2 Å². The lowest BCUT2D eigenvalue weighted by molar-refractivity contribution is -0.138. The molecule has 1 saturated carbocycles. The van der Waals surface area contributed by atoms with E-state index in [0.29, 0.717) is 5.13 Å². The number of anilines is 1. The van der Waals surface area contributed by atoms with E-state index in [-0.39, 0.29) is 12.6 Å². The van der Waals surface area contributed by atoms with Gasteiger partial charge in [0, 0.05) is 6.04 Å². The zero-order chi connectivity index (χ0) is 13.8. The fourth-order valence-corrected chi connectivity index (χ4v) is 3.30. The standard InChI is InChI=1S/C11H14BrN3O3S/c12-8-5-13-10(19-8)14-11(18)15(6-9(16)17)7-3-1-2-4-7/h5,7H,1-4,6H2,(H,16,17)(H,13,14,18). The Hall–Kier alpha value is -1.15. The van der Waals surface area contributed by atoms with E-state index >= 15 is 0 Å². The lowest BCUT2D eigenvalue weighted by atomic mass is 10.2. The number of hydrogen-bond donors (Lipinski definition) is 2. The van der Waals surface area contributed by atoms with Gasteiger partial charge in [-0.05, 0) is 28.8 Å². The van der Waals surface area contributed by atoms with Crippen molar-refractivity contribution in [2.24, 2.45) is 0 Å². The van der Waals surface area contributed by atoms with Gasteiger partial charge in [0.2, 0.25) is 0 Å². The third-order valence-electron chi connectivity index (χ3n) is 3.02. The van der Waals surface area contributed by atoms with Crippen LogP contribution in [-0.2, 0) is 4.79 Å². The number of aliphatic carboxylic acids is 1. The number of amides is 2. The van der Waals surface area contributed by atoms with E-state index in [2.05, 4.69) is 26.2 Å². The summed E-state index contributed by atoms with van der Waals surface area (Å²) >= 11 is 4.56. The molecule has 6 nitrogen and oxygen atoms in total. The number of carbonyl (C=O) groups excluding carboxylic acids is 1. The molecule has 19 heavy (non-hydrogen) atoms. The van der Waals surface area contributed by atoms with Crippen LogP contribution >= 0.6 is 27.3 Å². The van der Waals surface area contributed by atoms with E-state index in [4.69, 9.17) is 5.11 Å². The average molecular weight is 348 g/mol. The molecule has 104 valence electrons. The largest absolute Gasteiger partial charge is 0.480 e. The zero-order valence-electron chi connectivity index (χ0n) is 10.1. The van der Waals surface area contributed by atoms with Crippen molar-refractivity contribution in [1.82, 2.24) is 9.88 Å². The summed E-state index contributed by atoms with van der Waals surface area (Å²) in [5.41, 5.74) is 0. The molecule has 0 radical (unpaired) electrons. The molecule has 0 saturated heterocycles. The van der Waals surface area contributed by atoms with E-state index in [1.54, 1.807) is 6.20 Å². The highest BCUT2D eigenvalue weighted by Crippen LogP contribution is 2.26. The number of aromatic nitrogens is 1. The van der Waals surface area contributed by atoms with Gasteiger partial charge in [-0.3, -0.25) is 10.1 Å². The van der Waals surface area contributed by atoms with Crippen molar-refractivity contribution >= 4 is 44.4 Å². The van der Waals surface area contributed by atoms with Gasteiger partial charge in [-0.25, -0.2) is 9.78 Å². The number of thiazole rings is 1. The molecule has 0 aliphatic heterocycles. The second-order valence-corrected chi connectivity index (χ2v) is 6.77. The Kier molecular flexibility index (Phi) is 4.76. The van der Waals surface area contributed by atoms with Crippen LogP contribution in [0.3, 0.4) is 0 Å². The van der Waals surface area contributed by atoms with Crippen LogP contribution in [0.25, 0.3) is 0 Å². The van der Waals surface area contributed by atoms with E-state index in [1.807, 2.05) is 0 Å². The minimum atomic E-state index is -0.998. The summed E-state index contributed by atoms with van der Waals surface area (Å²) in [5, 5.41) is 12.0. The van der Waals surface area contributed by atoms with Crippen LogP contribution in [0.2, 0.25) is 0 Å². The topological polar surface area (TPSA) is 82.5 Å². The van der Waals surface area contributed by atoms with Gasteiger partial charge in [0.15, 0.2) is 5.13 Å². The number of carboxylic acid groups (broad SMARTS) is 1. The highest BCUT2D eigenvalue weighted by Gasteiger charge is 2.28. The third-order valence-corrected chi connectivity index (χ3v) is 4.41. The van der Waals surface area contributed by atoms with Crippen LogP contribution in [0.4, 0.5) is 9.93 Å². The van der Waals surface area contributed by atoms with Gasteiger partial charge >= 0.3 is 12.0 Å². The highest BCUT2D eigenvalue weighted by atomic mass is 79.9. The first kappa shape index (κ1) is 14.3. The molecule has 0 spiro atoms. The van der Waals surface area contributed by atoms with Gasteiger partial charge < -0.3 is 10.0 Å². The minimum absolute atomic E-state index is 0.0134. The van der Waals surface area contributed by atoms with Crippen LogP contribution in [0.1, 0.15) is 25.7 Å². The molecule has 2 rings (SSSR count). The average Bonchev–Trinajstić information content (AvgIpc) is 2.97. The number of carbonyl (C=O) groups is 2.